The van der Waals surface area contributed by atoms with Gasteiger partial charge in [0.15, 0.2) is 0 Å². The third kappa shape index (κ3) is 4.92. The van der Waals surface area contributed by atoms with Gasteiger partial charge in [-0.25, -0.2) is 4.98 Å². The standard InChI is InChI=1S/C24H21ClN2OS/c25-20-13-11-19(12-14-20)24-27-21(16-29-24)15-26-22(17-7-3-1-4-8-17)23(28)18-9-5-2-6-10-18/h1-14,16,22-23,26,28H,15H2/t22-,23+/m0/s1. The molecule has 2 atom stereocenters. The molecule has 0 bridgehead atoms. The summed E-state index contributed by atoms with van der Waals surface area (Å²) < 4.78 is 0. The molecular formula is C24H21ClN2OS. The number of thiazole rings is 1. The minimum atomic E-state index is -0.659. The predicted molar refractivity (Wildman–Crippen MR) is 120 cm³/mol. The highest BCUT2D eigenvalue weighted by Crippen LogP contribution is 2.30. The maximum absolute atomic E-state index is 11.0. The first-order chi connectivity index (χ1) is 14.2. The lowest BCUT2D eigenvalue weighted by Crippen LogP contribution is -2.27. The minimum absolute atomic E-state index is 0.237. The Morgan fingerprint density at radius 3 is 2.14 bits per heavy atom. The van der Waals surface area contributed by atoms with E-state index in [4.69, 9.17) is 16.6 Å². The average molecular weight is 421 g/mol. The Kier molecular flexibility index (Phi) is 6.37. The van der Waals surface area contributed by atoms with Gasteiger partial charge < -0.3 is 10.4 Å². The summed E-state index contributed by atoms with van der Waals surface area (Å²) in [7, 11) is 0. The van der Waals surface area contributed by atoms with E-state index in [1.54, 1.807) is 11.3 Å². The molecule has 0 saturated carbocycles. The summed E-state index contributed by atoms with van der Waals surface area (Å²) in [6.07, 6.45) is -0.659. The van der Waals surface area contributed by atoms with E-state index in [0.29, 0.717) is 11.6 Å². The van der Waals surface area contributed by atoms with E-state index >= 15 is 0 Å². The van der Waals surface area contributed by atoms with E-state index in [9.17, 15) is 5.11 Å². The van der Waals surface area contributed by atoms with Crippen LogP contribution in [0.5, 0.6) is 0 Å². The van der Waals surface area contributed by atoms with Crippen molar-refractivity contribution in [2.45, 2.75) is 18.7 Å². The molecule has 3 nitrogen and oxygen atoms in total. The van der Waals surface area contributed by atoms with Crippen molar-refractivity contribution < 1.29 is 5.11 Å². The summed E-state index contributed by atoms with van der Waals surface area (Å²) in [6.45, 7) is 0.563. The third-order valence-corrected chi connectivity index (χ3v) is 5.95. The molecule has 1 aromatic heterocycles. The van der Waals surface area contributed by atoms with Gasteiger partial charge in [-0.1, -0.05) is 84.4 Å². The molecule has 3 aromatic carbocycles. The lowest BCUT2D eigenvalue weighted by atomic mass is 9.96. The summed E-state index contributed by atoms with van der Waals surface area (Å²) in [5.74, 6) is 0. The first-order valence-corrected chi connectivity index (χ1v) is 10.7. The van der Waals surface area contributed by atoms with Crippen LogP contribution in [0.4, 0.5) is 0 Å². The van der Waals surface area contributed by atoms with Crippen LogP contribution in [0.2, 0.25) is 5.02 Å². The lowest BCUT2D eigenvalue weighted by molar-refractivity contribution is 0.127. The van der Waals surface area contributed by atoms with Gasteiger partial charge in [0.2, 0.25) is 0 Å². The monoisotopic (exact) mass is 420 g/mol. The van der Waals surface area contributed by atoms with Crippen molar-refractivity contribution in [2.24, 2.45) is 0 Å². The van der Waals surface area contributed by atoms with Crippen LogP contribution in [-0.2, 0) is 6.54 Å². The Labute approximate surface area is 179 Å². The van der Waals surface area contributed by atoms with Gasteiger partial charge in [-0.2, -0.15) is 0 Å². The van der Waals surface area contributed by atoms with Crippen LogP contribution in [0.15, 0.2) is 90.3 Å². The van der Waals surface area contributed by atoms with Crippen molar-refractivity contribution in [1.82, 2.24) is 10.3 Å². The van der Waals surface area contributed by atoms with Gasteiger partial charge in [0, 0.05) is 22.5 Å². The second-order valence-electron chi connectivity index (χ2n) is 6.78. The zero-order chi connectivity index (χ0) is 20.1. The van der Waals surface area contributed by atoms with Crippen molar-refractivity contribution in [2.75, 3.05) is 0 Å². The van der Waals surface area contributed by atoms with Crippen LogP contribution >= 0.6 is 22.9 Å². The molecule has 0 radical (unpaired) electrons. The molecule has 146 valence electrons. The Bertz CT molecular complexity index is 1040. The SMILES string of the molecule is O[C@H](c1ccccc1)[C@@H](NCc1csc(-c2ccc(Cl)cc2)n1)c1ccccc1. The van der Waals surface area contributed by atoms with Crippen LogP contribution in [-0.4, -0.2) is 10.1 Å². The molecule has 4 aromatic rings. The summed E-state index contributed by atoms with van der Waals surface area (Å²) >= 11 is 7.58. The van der Waals surface area contributed by atoms with Crippen LogP contribution < -0.4 is 5.32 Å². The van der Waals surface area contributed by atoms with E-state index in [1.165, 1.54) is 0 Å². The summed E-state index contributed by atoms with van der Waals surface area (Å²) in [4.78, 5) is 4.74. The van der Waals surface area contributed by atoms with E-state index in [-0.39, 0.29) is 6.04 Å². The molecule has 0 saturated heterocycles. The first kappa shape index (κ1) is 19.8. The molecule has 0 fully saturated rings. The first-order valence-electron chi connectivity index (χ1n) is 9.42. The fraction of sp³-hybridized carbons (Fsp3) is 0.125. The molecular weight excluding hydrogens is 400 g/mol. The van der Waals surface area contributed by atoms with Crippen molar-refractivity contribution in [1.29, 1.82) is 0 Å². The van der Waals surface area contributed by atoms with Gasteiger partial charge >= 0.3 is 0 Å². The number of hydrogen-bond acceptors (Lipinski definition) is 4. The Hall–Kier alpha value is -2.50. The average Bonchev–Trinajstić information content (AvgIpc) is 3.24. The predicted octanol–water partition coefficient (Wildman–Crippen LogP) is 6.03. The highest BCUT2D eigenvalue weighted by molar-refractivity contribution is 7.13. The van der Waals surface area contributed by atoms with E-state index in [2.05, 4.69) is 5.32 Å². The van der Waals surface area contributed by atoms with Crippen molar-refractivity contribution in [3.63, 3.8) is 0 Å². The van der Waals surface area contributed by atoms with Crippen molar-refractivity contribution >= 4 is 22.9 Å². The normalized spacial score (nSPS) is 13.2. The molecule has 0 aliphatic heterocycles. The van der Waals surface area contributed by atoms with E-state index < -0.39 is 6.10 Å². The van der Waals surface area contributed by atoms with Gasteiger partial charge in [0.05, 0.1) is 17.8 Å². The molecule has 5 heteroatoms. The number of hydrogen-bond donors (Lipinski definition) is 2. The number of aliphatic hydroxyl groups is 1. The van der Waals surface area contributed by atoms with Gasteiger partial charge in [-0.3, -0.25) is 0 Å². The fourth-order valence-corrected chi connectivity index (χ4v) is 4.19. The number of benzene rings is 3. The fourth-order valence-electron chi connectivity index (χ4n) is 3.24. The smallest absolute Gasteiger partial charge is 0.123 e. The lowest BCUT2D eigenvalue weighted by Gasteiger charge is -2.25. The number of nitrogens with one attached hydrogen (secondary N) is 1. The van der Waals surface area contributed by atoms with Gasteiger partial charge in [-0.05, 0) is 23.3 Å². The van der Waals surface area contributed by atoms with E-state index in [0.717, 1.165) is 27.4 Å². The molecule has 4 rings (SSSR count). The second kappa shape index (κ2) is 9.33. The molecule has 2 N–H and O–H groups in total. The largest absolute Gasteiger partial charge is 0.386 e. The van der Waals surface area contributed by atoms with Crippen molar-refractivity contribution in [3.05, 3.63) is 112 Å². The quantitative estimate of drug-likeness (QED) is 0.383. The number of aliphatic hydroxyl groups excluding tert-OH is 1. The number of nitrogens with zero attached hydrogens (tertiary/aromatic N) is 1. The molecule has 0 spiro atoms. The van der Waals surface area contributed by atoms with Crippen LogP contribution in [0.25, 0.3) is 10.6 Å². The van der Waals surface area contributed by atoms with Crippen molar-refractivity contribution in [3.8, 4) is 10.6 Å². The topological polar surface area (TPSA) is 45.1 Å². The second-order valence-corrected chi connectivity index (χ2v) is 8.07. The maximum atomic E-state index is 11.0. The molecule has 0 aliphatic carbocycles. The van der Waals surface area contributed by atoms with E-state index in [1.807, 2.05) is 90.3 Å². The van der Waals surface area contributed by atoms with Crippen LogP contribution in [0.3, 0.4) is 0 Å². The van der Waals surface area contributed by atoms with Gasteiger partial charge in [0.25, 0.3) is 0 Å². The highest BCUT2D eigenvalue weighted by Gasteiger charge is 2.22. The summed E-state index contributed by atoms with van der Waals surface area (Å²) in [6, 6.07) is 27.2. The maximum Gasteiger partial charge on any atom is 0.123 e. The van der Waals surface area contributed by atoms with Gasteiger partial charge in [0.1, 0.15) is 5.01 Å². The van der Waals surface area contributed by atoms with Crippen LogP contribution in [0, 0.1) is 0 Å². The molecule has 0 unspecified atom stereocenters. The third-order valence-electron chi connectivity index (χ3n) is 4.76. The zero-order valence-corrected chi connectivity index (χ0v) is 17.3. The van der Waals surface area contributed by atoms with Gasteiger partial charge in [-0.15, -0.1) is 11.3 Å². The number of halogens is 1. The number of rotatable bonds is 7. The number of aromatic nitrogens is 1. The minimum Gasteiger partial charge on any atom is -0.386 e. The Morgan fingerprint density at radius 2 is 1.48 bits per heavy atom. The summed E-state index contributed by atoms with van der Waals surface area (Å²) in [5, 5.41) is 18.2. The Morgan fingerprint density at radius 1 is 0.862 bits per heavy atom. The summed E-state index contributed by atoms with van der Waals surface area (Å²) in [5.41, 5.74) is 3.92. The van der Waals surface area contributed by atoms with Crippen LogP contribution in [0.1, 0.15) is 29.0 Å². The highest BCUT2D eigenvalue weighted by atomic mass is 35.5. The zero-order valence-electron chi connectivity index (χ0n) is 15.7. The molecule has 0 aliphatic rings. The molecule has 1 heterocycles. The molecule has 0 amide bonds. The molecule has 29 heavy (non-hydrogen) atoms. The Balaban J connectivity index is 1.52.